The van der Waals surface area contributed by atoms with E-state index in [0.717, 1.165) is 0 Å². The van der Waals surface area contributed by atoms with Gasteiger partial charge in [0, 0.05) is 0 Å². The molecule has 1 aromatic rings. The summed E-state index contributed by atoms with van der Waals surface area (Å²) in [5.74, 6) is 0. The lowest BCUT2D eigenvalue weighted by Gasteiger charge is -2.15. The Hall–Kier alpha value is -1.27. The van der Waals surface area contributed by atoms with Crippen LogP contribution in [0.2, 0.25) is 0 Å². The van der Waals surface area contributed by atoms with Crippen molar-refractivity contribution in [1.29, 1.82) is 0 Å². The van der Waals surface area contributed by atoms with Crippen molar-refractivity contribution in [3.05, 3.63) is 23.8 Å². The molecular weight excluding hydrogens is 216 g/mol. The van der Waals surface area contributed by atoms with Gasteiger partial charge in [-0.15, -0.1) is 0 Å². The molecule has 0 saturated carbocycles. The smallest absolute Gasteiger partial charge is 0.272 e. The van der Waals surface area contributed by atoms with Crippen LogP contribution in [-0.4, -0.2) is 13.0 Å². The number of anilines is 2. The Morgan fingerprint density at radius 1 is 1.40 bits per heavy atom. The molecular formula is C9H14N2O3S. The van der Waals surface area contributed by atoms with Crippen molar-refractivity contribution in [2.24, 2.45) is 0 Å². The summed E-state index contributed by atoms with van der Waals surface area (Å²) in [6.45, 7) is 1.65. The van der Waals surface area contributed by atoms with Gasteiger partial charge in [0.15, 0.2) is 0 Å². The Balaban J connectivity index is 3.31. The maximum absolute atomic E-state index is 11.1. The molecule has 0 radical (unpaired) electrons. The highest BCUT2D eigenvalue weighted by atomic mass is 32.2. The van der Waals surface area contributed by atoms with E-state index in [0.29, 0.717) is 11.3 Å². The van der Waals surface area contributed by atoms with E-state index in [1.807, 2.05) is 0 Å². The molecule has 0 saturated heterocycles. The molecule has 84 valence electrons. The summed E-state index contributed by atoms with van der Waals surface area (Å²) in [4.78, 5) is 0. The third-order valence-electron chi connectivity index (χ3n) is 2.25. The molecule has 0 aliphatic heterocycles. The first-order chi connectivity index (χ1) is 6.88. The van der Waals surface area contributed by atoms with Crippen molar-refractivity contribution >= 4 is 21.5 Å². The largest absolute Gasteiger partial charge is 0.397 e. The van der Waals surface area contributed by atoms with Crippen molar-refractivity contribution in [3.63, 3.8) is 0 Å². The first-order valence-electron chi connectivity index (χ1n) is 4.48. The minimum Gasteiger partial charge on any atom is -0.397 e. The van der Waals surface area contributed by atoms with Gasteiger partial charge in [-0.1, -0.05) is 19.1 Å². The third kappa shape index (κ3) is 2.40. The summed E-state index contributed by atoms with van der Waals surface area (Å²) in [5.41, 5.74) is 12.1. The van der Waals surface area contributed by atoms with Crippen LogP contribution in [0, 0.1) is 0 Å². The second kappa shape index (κ2) is 4.08. The quantitative estimate of drug-likeness (QED) is 0.534. The molecule has 0 bridgehead atoms. The first-order valence-corrected chi connectivity index (χ1v) is 5.98. The van der Waals surface area contributed by atoms with Crippen LogP contribution in [0.25, 0.3) is 0 Å². The van der Waals surface area contributed by atoms with E-state index in [1.165, 1.54) is 0 Å². The zero-order valence-corrected chi connectivity index (χ0v) is 9.16. The van der Waals surface area contributed by atoms with Crippen LogP contribution in [0.5, 0.6) is 0 Å². The molecule has 0 amide bonds. The molecule has 0 aliphatic rings. The van der Waals surface area contributed by atoms with Crippen molar-refractivity contribution in [2.75, 3.05) is 11.5 Å². The van der Waals surface area contributed by atoms with Gasteiger partial charge in [-0.2, -0.15) is 8.42 Å². The van der Waals surface area contributed by atoms with Crippen LogP contribution >= 0.6 is 0 Å². The van der Waals surface area contributed by atoms with E-state index in [-0.39, 0.29) is 12.1 Å². The molecule has 0 aliphatic carbocycles. The highest BCUT2D eigenvalue weighted by Gasteiger charge is 2.25. The summed E-state index contributed by atoms with van der Waals surface area (Å²) in [5, 5.41) is -1.01. The van der Waals surface area contributed by atoms with E-state index in [2.05, 4.69) is 0 Å². The number of para-hydroxylation sites is 1. The second-order valence-corrected chi connectivity index (χ2v) is 4.86. The Morgan fingerprint density at radius 3 is 2.47 bits per heavy atom. The lowest BCUT2D eigenvalue weighted by Crippen LogP contribution is -2.13. The highest BCUT2D eigenvalue weighted by molar-refractivity contribution is 7.86. The third-order valence-corrected chi connectivity index (χ3v) is 3.56. The fourth-order valence-corrected chi connectivity index (χ4v) is 2.42. The fraction of sp³-hybridized carbons (Fsp3) is 0.333. The molecule has 0 fully saturated rings. The average molecular weight is 230 g/mol. The molecule has 1 aromatic carbocycles. The SMILES string of the molecule is CCC(c1cccc(N)c1N)S(=O)(=O)O. The Kier molecular flexibility index (Phi) is 3.21. The molecule has 0 aromatic heterocycles. The maximum Gasteiger partial charge on any atom is 0.272 e. The Bertz CT molecular complexity index is 456. The predicted octanol–water partition coefficient (Wildman–Crippen LogP) is 1.19. The number of benzene rings is 1. The zero-order valence-electron chi connectivity index (χ0n) is 8.34. The van der Waals surface area contributed by atoms with Crippen molar-refractivity contribution in [2.45, 2.75) is 18.6 Å². The van der Waals surface area contributed by atoms with Gasteiger partial charge in [0.05, 0.1) is 11.4 Å². The minimum absolute atomic E-state index is 0.210. The number of nitrogen functional groups attached to an aromatic ring is 2. The summed E-state index contributed by atoms with van der Waals surface area (Å²) < 4.78 is 31.2. The molecule has 1 rings (SSSR count). The summed E-state index contributed by atoms with van der Waals surface area (Å²) >= 11 is 0. The molecule has 5 N–H and O–H groups in total. The summed E-state index contributed by atoms with van der Waals surface area (Å²) in [6, 6.07) is 4.73. The average Bonchev–Trinajstić information content (AvgIpc) is 2.11. The number of hydrogen-bond donors (Lipinski definition) is 3. The van der Waals surface area contributed by atoms with Gasteiger partial charge >= 0.3 is 0 Å². The topological polar surface area (TPSA) is 106 Å². The van der Waals surface area contributed by atoms with E-state index < -0.39 is 15.4 Å². The minimum atomic E-state index is -4.14. The molecule has 5 nitrogen and oxygen atoms in total. The second-order valence-electron chi connectivity index (χ2n) is 3.26. The number of hydrogen-bond acceptors (Lipinski definition) is 4. The van der Waals surface area contributed by atoms with Gasteiger partial charge in [-0.05, 0) is 18.1 Å². The normalized spacial score (nSPS) is 13.7. The van der Waals surface area contributed by atoms with E-state index >= 15 is 0 Å². The van der Waals surface area contributed by atoms with Gasteiger partial charge < -0.3 is 11.5 Å². The van der Waals surface area contributed by atoms with Crippen LogP contribution in [0.1, 0.15) is 24.2 Å². The van der Waals surface area contributed by atoms with Crippen LogP contribution in [-0.2, 0) is 10.1 Å². The van der Waals surface area contributed by atoms with E-state index in [1.54, 1.807) is 25.1 Å². The molecule has 1 unspecified atom stereocenters. The maximum atomic E-state index is 11.1. The van der Waals surface area contributed by atoms with Gasteiger partial charge in [0.25, 0.3) is 10.1 Å². The summed E-state index contributed by atoms with van der Waals surface area (Å²) in [6.07, 6.45) is 0.243. The van der Waals surface area contributed by atoms with Crippen molar-refractivity contribution < 1.29 is 13.0 Å². The number of rotatable bonds is 3. The van der Waals surface area contributed by atoms with Gasteiger partial charge in [-0.3, -0.25) is 4.55 Å². The highest BCUT2D eigenvalue weighted by Crippen LogP contribution is 2.32. The first kappa shape index (κ1) is 11.8. The van der Waals surface area contributed by atoms with Crippen LogP contribution < -0.4 is 11.5 Å². The number of nitrogens with two attached hydrogens (primary N) is 2. The van der Waals surface area contributed by atoms with Gasteiger partial charge in [0.2, 0.25) is 0 Å². The van der Waals surface area contributed by atoms with Crippen molar-refractivity contribution in [1.82, 2.24) is 0 Å². The molecule has 0 spiro atoms. The van der Waals surface area contributed by atoms with Crippen LogP contribution in [0.3, 0.4) is 0 Å². The van der Waals surface area contributed by atoms with Crippen LogP contribution in [0.4, 0.5) is 11.4 Å². The molecule has 6 heteroatoms. The lowest BCUT2D eigenvalue weighted by atomic mass is 10.1. The zero-order chi connectivity index (χ0) is 11.6. The Morgan fingerprint density at radius 2 is 2.00 bits per heavy atom. The molecule has 1 atom stereocenters. The van der Waals surface area contributed by atoms with Crippen LogP contribution in [0.15, 0.2) is 18.2 Å². The molecule has 15 heavy (non-hydrogen) atoms. The molecule has 0 heterocycles. The van der Waals surface area contributed by atoms with Crippen molar-refractivity contribution in [3.8, 4) is 0 Å². The van der Waals surface area contributed by atoms with E-state index in [9.17, 15) is 8.42 Å². The summed E-state index contributed by atoms with van der Waals surface area (Å²) in [7, 11) is -4.14. The predicted molar refractivity (Wildman–Crippen MR) is 59.8 cm³/mol. The fourth-order valence-electron chi connectivity index (χ4n) is 1.47. The monoisotopic (exact) mass is 230 g/mol. The standard InChI is InChI=1S/C9H14N2O3S/c1-2-8(15(12,13)14)6-4-3-5-7(10)9(6)11/h3-5,8H,2,10-11H2,1H3,(H,12,13,14). The van der Waals surface area contributed by atoms with E-state index in [4.69, 9.17) is 16.0 Å². The lowest BCUT2D eigenvalue weighted by molar-refractivity contribution is 0.466. The van der Waals surface area contributed by atoms with Gasteiger partial charge in [-0.25, -0.2) is 0 Å². The Labute approximate surface area is 88.8 Å². The van der Waals surface area contributed by atoms with Gasteiger partial charge in [0.1, 0.15) is 5.25 Å².